The van der Waals surface area contributed by atoms with Crippen molar-refractivity contribution in [2.24, 2.45) is 0 Å². The first-order valence-corrected chi connectivity index (χ1v) is 6.30. The molecular weight excluding hydrogens is 244 g/mol. The van der Waals surface area contributed by atoms with E-state index >= 15 is 0 Å². The number of hydrogen-bond acceptors (Lipinski definition) is 3. The van der Waals surface area contributed by atoms with Crippen molar-refractivity contribution in [2.45, 2.75) is 40.3 Å². The van der Waals surface area contributed by atoms with Crippen LogP contribution in [0.2, 0.25) is 0 Å². The molecule has 0 aromatic carbocycles. The molecule has 0 aliphatic carbocycles. The fourth-order valence-corrected chi connectivity index (χ4v) is 2.12. The first kappa shape index (κ1) is 13.3. The smallest absolute Gasteiger partial charge is 0.333 e. The molecule has 0 aliphatic heterocycles. The van der Waals surface area contributed by atoms with E-state index in [1.54, 1.807) is 6.92 Å². The van der Waals surface area contributed by atoms with Crippen LogP contribution in [0.5, 0.6) is 0 Å². The molecule has 0 amide bonds. The number of H-pyrrole nitrogens is 1. The number of aromatic amines is 1. The molecule has 2 aromatic rings. The van der Waals surface area contributed by atoms with Crippen LogP contribution in [-0.2, 0) is 13.1 Å². The molecule has 0 fully saturated rings. The van der Waals surface area contributed by atoms with Crippen molar-refractivity contribution < 1.29 is 0 Å². The third-order valence-corrected chi connectivity index (χ3v) is 2.85. The molecule has 2 rings (SSSR count). The van der Waals surface area contributed by atoms with Gasteiger partial charge in [-0.1, -0.05) is 19.1 Å². The van der Waals surface area contributed by atoms with E-state index < -0.39 is 0 Å². The van der Waals surface area contributed by atoms with Gasteiger partial charge in [0.15, 0.2) is 5.65 Å². The Morgan fingerprint density at radius 2 is 2.05 bits per heavy atom. The highest BCUT2D eigenvalue weighted by molar-refractivity contribution is 5.69. The lowest BCUT2D eigenvalue weighted by atomic mass is 10.3. The highest BCUT2D eigenvalue weighted by atomic mass is 16.2. The number of imidazole rings is 1. The molecular formula is C13H18N4O2. The fourth-order valence-electron chi connectivity index (χ4n) is 2.12. The van der Waals surface area contributed by atoms with Gasteiger partial charge in [-0.25, -0.2) is 9.78 Å². The lowest BCUT2D eigenvalue weighted by Crippen LogP contribution is -2.40. The van der Waals surface area contributed by atoms with Crippen molar-refractivity contribution in [3.05, 3.63) is 38.8 Å². The van der Waals surface area contributed by atoms with Crippen molar-refractivity contribution in [3.63, 3.8) is 0 Å². The van der Waals surface area contributed by atoms with Crippen LogP contribution in [0, 0.1) is 6.92 Å². The molecule has 0 aliphatic rings. The second kappa shape index (κ2) is 4.87. The average molecular weight is 262 g/mol. The fraction of sp³-hybridized carbons (Fsp3) is 0.462. The zero-order valence-corrected chi connectivity index (χ0v) is 11.5. The molecule has 2 heterocycles. The lowest BCUT2D eigenvalue weighted by molar-refractivity contribution is 0.577. The molecule has 6 heteroatoms. The Morgan fingerprint density at radius 3 is 2.63 bits per heavy atom. The molecule has 1 N–H and O–H groups in total. The van der Waals surface area contributed by atoms with Gasteiger partial charge in [0, 0.05) is 13.1 Å². The van der Waals surface area contributed by atoms with Gasteiger partial charge >= 0.3 is 5.69 Å². The van der Waals surface area contributed by atoms with Crippen LogP contribution in [0.4, 0.5) is 0 Å². The van der Waals surface area contributed by atoms with E-state index in [9.17, 15) is 9.59 Å². The van der Waals surface area contributed by atoms with E-state index in [2.05, 4.69) is 16.5 Å². The number of nitrogens with one attached hydrogen (secondary N) is 1. The van der Waals surface area contributed by atoms with Crippen molar-refractivity contribution in [1.82, 2.24) is 19.1 Å². The Balaban J connectivity index is 2.87. The molecule has 0 radical (unpaired) electrons. The summed E-state index contributed by atoms with van der Waals surface area (Å²) in [4.78, 5) is 31.8. The van der Waals surface area contributed by atoms with Crippen molar-refractivity contribution in [2.75, 3.05) is 0 Å². The number of fused-ring (bicyclic) bond motifs is 1. The molecule has 0 bridgehead atoms. The van der Waals surface area contributed by atoms with Gasteiger partial charge in [0.1, 0.15) is 11.3 Å². The van der Waals surface area contributed by atoms with E-state index in [1.165, 1.54) is 9.13 Å². The van der Waals surface area contributed by atoms with Crippen LogP contribution in [0.1, 0.15) is 26.1 Å². The molecule has 2 aromatic heterocycles. The molecule has 0 spiro atoms. The van der Waals surface area contributed by atoms with Gasteiger partial charge in [0.05, 0.1) is 0 Å². The summed E-state index contributed by atoms with van der Waals surface area (Å²) in [5.74, 6) is 0.621. The summed E-state index contributed by atoms with van der Waals surface area (Å²) >= 11 is 0. The summed E-state index contributed by atoms with van der Waals surface area (Å²) in [6.07, 6.45) is 0.723. The summed E-state index contributed by atoms with van der Waals surface area (Å²) in [7, 11) is 0. The molecule has 0 saturated heterocycles. The van der Waals surface area contributed by atoms with Gasteiger partial charge in [-0.3, -0.25) is 13.9 Å². The number of aromatic nitrogens is 4. The topological polar surface area (TPSA) is 72.7 Å². The lowest BCUT2D eigenvalue weighted by Gasteiger charge is -2.10. The quantitative estimate of drug-likeness (QED) is 0.841. The van der Waals surface area contributed by atoms with Crippen molar-refractivity contribution in [1.29, 1.82) is 0 Å². The maximum atomic E-state index is 12.4. The van der Waals surface area contributed by atoms with Gasteiger partial charge in [0.2, 0.25) is 0 Å². The first-order chi connectivity index (χ1) is 8.95. The Kier molecular flexibility index (Phi) is 3.42. The molecule has 0 saturated carbocycles. The summed E-state index contributed by atoms with van der Waals surface area (Å²) in [6.45, 7) is 10.1. The van der Waals surface area contributed by atoms with Crippen LogP contribution < -0.4 is 11.2 Å². The number of nitrogens with zero attached hydrogens (tertiary/aromatic N) is 3. The largest absolute Gasteiger partial charge is 0.336 e. The molecule has 102 valence electrons. The summed E-state index contributed by atoms with van der Waals surface area (Å²) in [5.41, 5.74) is 0.995. The molecule has 6 nitrogen and oxygen atoms in total. The minimum absolute atomic E-state index is 0.305. The zero-order valence-electron chi connectivity index (χ0n) is 11.5. The van der Waals surface area contributed by atoms with Crippen LogP contribution >= 0.6 is 0 Å². The average Bonchev–Trinajstić information content (AvgIpc) is 2.72. The van der Waals surface area contributed by atoms with E-state index in [-0.39, 0.29) is 11.2 Å². The molecule has 0 atom stereocenters. The Labute approximate surface area is 110 Å². The van der Waals surface area contributed by atoms with Gasteiger partial charge in [0.25, 0.3) is 5.56 Å². The highest BCUT2D eigenvalue weighted by Gasteiger charge is 2.15. The Hall–Kier alpha value is -2.11. The van der Waals surface area contributed by atoms with Crippen LogP contribution in [0.3, 0.4) is 0 Å². The first-order valence-electron chi connectivity index (χ1n) is 6.30. The maximum absolute atomic E-state index is 12.4. The predicted molar refractivity (Wildman–Crippen MR) is 74.5 cm³/mol. The zero-order chi connectivity index (χ0) is 14.2. The van der Waals surface area contributed by atoms with E-state index in [4.69, 9.17) is 0 Å². The third kappa shape index (κ3) is 2.25. The van der Waals surface area contributed by atoms with E-state index in [1.807, 2.05) is 13.8 Å². The van der Waals surface area contributed by atoms with E-state index in [0.717, 1.165) is 12.0 Å². The number of rotatable bonds is 4. The number of hydrogen-bond donors (Lipinski definition) is 1. The van der Waals surface area contributed by atoms with Gasteiger partial charge < -0.3 is 4.98 Å². The Bertz CT molecular complexity index is 748. The number of aryl methyl sites for hydroxylation is 1. The minimum atomic E-state index is -0.325. The molecule has 0 unspecified atom stereocenters. The summed E-state index contributed by atoms with van der Waals surface area (Å²) < 4.78 is 2.75. The second-order valence-corrected chi connectivity index (χ2v) is 4.80. The normalized spacial score (nSPS) is 11.1. The van der Waals surface area contributed by atoms with Crippen molar-refractivity contribution in [3.8, 4) is 0 Å². The van der Waals surface area contributed by atoms with Crippen molar-refractivity contribution >= 4 is 11.2 Å². The van der Waals surface area contributed by atoms with Crippen LogP contribution in [-0.4, -0.2) is 19.1 Å². The number of allylic oxidation sites excluding steroid dienone is 1. The molecule has 19 heavy (non-hydrogen) atoms. The standard InChI is InChI=1S/C13H18N4O2/c1-5-6-16-12(18)10-11(15-9(4)14-10)17(13(16)19)7-8(2)3/h2,5-7H2,1,3-4H3,(H,14,15). The van der Waals surface area contributed by atoms with Gasteiger partial charge in [-0.2, -0.15) is 0 Å². The van der Waals surface area contributed by atoms with Gasteiger partial charge in [-0.15, -0.1) is 0 Å². The summed E-state index contributed by atoms with van der Waals surface area (Å²) in [6, 6.07) is 0. The highest BCUT2D eigenvalue weighted by Crippen LogP contribution is 2.06. The second-order valence-electron chi connectivity index (χ2n) is 4.80. The maximum Gasteiger partial charge on any atom is 0.333 e. The van der Waals surface area contributed by atoms with Crippen LogP contribution in [0.15, 0.2) is 21.7 Å². The van der Waals surface area contributed by atoms with Crippen LogP contribution in [0.25, 0.3) is 11.2 Å². The predicted octanol–water partition coefficient (Wildman–Crippen LogP) is 1.18. The van der Waals surface area contributed by atoms with E-state index in [0.29, 0.717) is 30.1 Å². The summed E-state index contributed by atoms with van der Waals surface area (Å²) in [5, 5.41) is 0. The Morgan fingerprint density at radius 1 is 1.37 bits per heavy atom. The third-order valence-electron chi connectivity index (χ3n) is 2.85. The minimum Gasteiger partial charge on any atom is -0.336 e. The SMILES string of the molecule is C=C(C)Cn1c(=O)n(CCC)c(=O)c2[nH]c(C)nc21. The van der Waals surface area contributed by atoms with Gasteiger partial charge in [-0.05, 0) is 20.3 Å². The monoisotopic (exact) mass is 262 g/mol.